The number of benzene rings is 2. The van der Waals surface area contributed by atoms with Gasteiger partial charge in [-0.15, -0.1) is 11.8 Å². The van der Waals surface area contributed by atoms with Crippen molar-refractivity contribution >= 4 is 50.9 Å². The Morgan fingerprint density at radius 2 is 1.89 bits per heavy atom. The molecular weight excluding hydrogens is 522 g/mol. The number of hydrogen-bond acceptors (Lipinski definition) is 6. The first-order chi connectivity index (χ1) is 17.0. The van der Waals surface area contributed by atoms with Crippen molar-refractivity contribution in [1.29, 1.82) is 0 Å². The lowest BCUT2D eigenvalue weighted by atomic mass is 10.1. The van der Waals surface area contributed by atoms with Crippen LogP contribution in [0.5, 0.6) is 0 Å². The molecular formula is C25H28ClN3O5S2. The normalized spacial score (nSPS) is 23.4. The summed E-state index contributed by atoms with van der Waals surface area (Å²) in [5.41, 5.74) is 0.516. The van der Waals surface area contributed by atoms with Crippen molar-refractivity contribution in [2.24, 2.45) is 0 Å². The van der Waals surface area contributed by atoms with Gasteiger partial charge in [-0.2, -0.15) is 4.72 Å². The number of carbonyl (C=O) groups excluding carboxylic acids is 1. The molecule has 1 aliphatic carbocycles. The van der Waals surface area contributed by atoms with Gasteiger partial charge < -0.3 is 15.3 Å². The molecule has 1 heterocycles. The molecule has 4 rings (SSSR count). The van der Waals surface area contributed by atoms with Gasteiger partial charge in [-0.25, -0.2) is 8.42 Å². The molecule has 3 N–H and O–H groups in total. The van der Waals surface area contributed by atoms with Crippen LogP contribution in [0.3, 0.4) is 0 Å². The quantitative estimate of drug-likeness (QED) is 0.407. The number of carboxylic acids is 1. The lowest BCUT2D eigenvalue weighted by Crippen LogP contribution is -2.44. The number of sulfonamides is 1. The fraction of sp³-hybridized carbons (Fsp3) is 0.360. The minimum absolute atomic E-state index is 0.0857. The predicted molar refractivity (Wildman–Crippen MR) is 143 cm³/mol. The molecule has 0 aromatic heterocycles. The molecule has 3 unspecified atom stereocenters. The minimum atomic E-state index is -4.04. The highest BCUT2D eigenvalue weighted by Gasteiger charge is 2.63. The number of allylic oxidation sites excluding steroid dienone is 1. The van der Waals surface area contributed by atoms with Crippen LogP contribution in [0.15, 0.2) is 58.8 Å². The highest BCUT2D eigenvalue weighted by atomic mass is 35.5. The van der Waals surface area contributed by atoms with Crippen LogP contribution in [-0.4, -0.2) is 56.5 Å². The van der Waals surface area contributed by atoms with Crippen LogP contribution in [-0.2, 0) is 19.6 Å². The van der Waals surface area contributed by atoms with E-state index >= 15 is 0 Å². The Kier molecular flexibility index (Phi) is 7.82. The Morgan fingerprint density at radius 1 is 1.17 bits per heavy atom. The van der Waals surface area contributed by atoms with E-state index in [9.17, 15) is 23.1 Å². The average molecular weight is 550 g/mol. The number of nitrogens with one attached hydrogen (secondary N) is 2. The van der Waals surface area contributed by atoms with Gasteiger partial charge in [-0.1, -0.05) is 41.9 Å². The standard InChI is InChI=1S/C25H28ClN3O5S2/c1-29(2)13-12-22(30)27-19-5-3-4-17(14-19)20-15-25(20,24(31)32)28-36(33,34)23-11-10-21(35-23)16-6-8-18(26)9-7-16/h3-9,11,14,20-21,28H,10,12-13,15H2,1-2H3,(H,27,30)(H,31,32). The van der Waals surface area contributed by atoms with E-state index in [1.807, 2.05) is 31.1 Å². The number of carbonyl (C=O) groups is 2. The van der Waals surface area contributed by atoms with E-state index in [4.69, 9.17) is 11.6 Å². The van der Waals surface area contributed by atoms with Crippen molar-refractivity contribution in [2.75, 3.05) is 26.0 Å². The molecule has 2 aromatic carbocycles. The molecule has 8 nitrogen and oxygen atoms in total. The average Bonchev–Trinajstić information content (AvgIpc) is 3.31. The van der Waals surface area contributed by atoms with Crippen molar-refractivity contribution in [1.82, 2.24) is 9.62 Å². The van der Waals surface area contributed by atoms with E-state index in [0.29, 0.717) is 35.7 Å². The van der Waals surface area contributed by atoms with Crippen molar-refractivity contribution < 1.29 is 23.1 Å². The molecule has 0 saturated heterocycles. The molecule has 1 saturated carbocycles. The maximum absolute atomic E-state index is 13.2. The molecule has 2 aromatic rings. The van der Waals surface area contributed by atoms with Crippen LogP contribution in [0.2, 0.25) is 5.02 Å². The van der Waals surface area contributed by atoms with Crippen molar-refractivity contribution in [2.45, 2.75) is 36.0 Å². The van der Waals surface area contributed by atoms with Gasteiger partial charge in [-0.3, -0.25) is 9.59 Å². The van der Waals surface area contributed by atoms with Gasteiger partial charge in [0.05, 0.1) is 0 Å². The predicted octanol–water partition coefficient (Wildman–Crippen LogP) is 4.18. The van der Waals surface area contributed by atoms with Gasteiger partial charge in [0.1, 0.15) is 9.78 Å². The Morgan fingerprint density at radius 3 is 2.56 bits per heavy atom. The van der Waals surface area contributed by atoms with Gasteiger partial charge in [0.15, 0.2) is 0 Å². The number of rotatable bonds is 10. The number of anilines is 1. The molecule has 36 heavy (non-hydrogen) atoms. The second-order valence-corrected chi connectivity index (χ2v) is 12.9. The number of amides is 1. The largest absolute Gasteiger partial charge is 0.480 e. The monoisotopic (exact) mass is 549 g/mol. The summed E-state index contributed by atoms with van der Waals surface area (Å²) < 4.78 is 29.0. The van der Waals surface area contributed by atoms with Crippen LogP contribution >= 0.6 is 23.4 Å². The Hall–Kier alpha value is -2.37. The van der Waals surface area contributed by atoms with Crippen LogP contribution in [0.1, 0.15) is 41.6 Å². The second-order valence-electron chi connectivity index (χ2n) is 9.28. The lowest BCUT2D eigenvalue weighted by molar-refractivity contribution is -0.140. The fourth-order valence-electron chi connectivity index (χ4n) is 4.22. The first kappa shape index (κ1) is 26.7. The summed E-state index contributed by atoms with van der Waals surface area (Å²) in [6.07, 6.45) is 2.59. The molecule has 0 spiro atoms. The van der Waals surface area contributed by atoms with Crippen molar-refractivity contribution in [3.63, 3.8) is 0 Å². The SMILES string of the molecule is CN(C)CCC(=O)Nc1cccc(C2CC2(NS(=O)(=O)C2=CCC(c3ccc(Cl)cc3)S2)C(=O)O)c1. The van der Waals surface area contributed by atoms with E-state index in [-0.39, 0.29) is 21.8 Å². The van der Waals surface area contributed by atoms with E-state index < -0.39 is 27.4 Å². The third kappa shape index (κ3) is 5.95. The van der Waals surface area contributed by atoms with Crippen molar-refractivity contribution in [3.8, 4) is 0 Å². The molecule has 1 aliphatic heterocycles. The topological polar surface area (TPSA) is 116 Å². The number of thioether (sulfide) groups is 1. The van der Waals surface area contributed by atoms with Crippen molar-refractivity contribution in [3.05, 3.63) is 75.0 Å². The third-order valence-corrected chi connectivity index (χ3v) is 9.96. The highest BCUT2D eigenvalue weighted by molar-refractivity contribution is 8.18. The zero-order chi connectivity index (χ0) is 26.1. The van der Waals surface area contributed by atoms with Crippen LogP contribution in [0.25, 0.3) is 0 Å². The van der Waals surface area contributed by atoms with E-state index in [1.165, 1.54) is 11.8 Å². The summed E-state index contributed by atoms with van der Waals surface area (Å²) in [5, 5.41) is 13.3. The molecule has 0 bridgehead atoms. The maximum Gasteiger partial charge on any atom is 0.325 e. The number of carboxylic acid groups (broad SMARTS) is 1. The lowest BCUT2D eigenvalue weighted by Gasteiger charge is -2.17. The first-order valence-electron chi connectivity index (χ1n) is 11.4. The number of hydrogen-bond donors (Lipinski definition) is 3. The van der Waals surface area contributed by atoms with E-state index in [2.05, 4.69) is 10.0 Å². The number of aliphatic carboxylic acids is 1. The number of halogens is 1. The summed E-state index contributed by atoms with van der Waals surface area (Å²) >= 11 is 7.14. The third-order valence-electron chi connectivity index (χ3n) is 6.28. The fourth-order valence-corrected chi connectivity index (χ4v) is 7.50. The van der Waals surface area contributed by atoms with E-state index in [0.717, 1.165) is 5.56 Å². The minimum Gasteiger partial charge on any atom is -0.480 e. The molecule has 0 radical (unpaired) electrons. The Balaban J connectivity index is 1.45. The molecule has 1 amide bonds. The first-order valence-corrected chi connectivity index (χ1v) is 14.2. The Bertz CT molecular complexity index is 1300. The molecule has 1 fully saturated rings. The summed E-state index contributed by atoms with van der Waals surface area (Å²) in [5.74, 6) is -1.93. The van der Waals surface area contributed by atoms with Crippen LogP contribution in [0, 0.1) is 0 Å². The maximum atomic E-state index is 13.2. The summed E-state index contributed by atoms with van der Waals surface area (Å²) in [7, 11) is -0.281. The van der Waals surface area contributed by atoms with E-state index in [1.54, 1.807) is 42.5 Å². The van der Waals surface area contributed by atoms with Gasteiger partial charge >= 0.3 is 5.97 Å². The second kappa shape index (κ2) is 10.5. The molecule has 3 atom stereocenters. The van der Waals surface area contributed by atoms with Gasteiger partial charge in [-0.05, 0) is 62.3 Å². The smallest absolute Gasteiger partial charge is 0.325 e. The Labute approximate surface area is 220 Å². The summed E-state index contributed by atoms with van der Waals surface area (Å²) in [6.45, 7) is 0.602. The molecule has 2 aliphatic rings. The zero-order valence-corrected chi connectivity index (χ0v) is 22.3. The summed E-state index contributed by atoms with van der Waals surface area (Å²) in [4.78, 5) is 26.3. The molecule has 192 valence electrons. The highest BCUT2D eigenvalue weighted by Crippen LogP contribution is 2.54. The van der Waals surface area contributed by atoms with Crippen LogP contribution in [0.4, 0.5) is 5.69 Å². The molecule has 11 heteroatoms. The zero-order valence-electron chi connectivity index (χ0n) is 19.9. The number of nitrogens with zero attached hydrogens (tertiary/aromatic N) is 1. The van der Waals surface area contributed by atoms with Gasteiger partial charge in [0.2, 0.25) is 15.9 Å². The van der Waals surface area contributed by atoms with Crippen LogP contribution < -0.4 is 10.0 Å². The van der Waals surface area contributed by atoms with Gasteiger partial charge in [0, 0.05) is 34.8 Å². The van der Waals surface area contributed by atoms with Gasteiger partial charge in [0.25, 0.3) is 0 Å². The summed E-state index contributed by atoms with van der Waals surface area (Å²) in [6, 6.07) is 14.1.